The van der Waals surface area contributed by atoms with Gasteiger partial charge in [0.05, 0.1) is 0 Å². The molecule has 3 rings (SSSR count). The Bertz CT molecular complexity index is 752. The van der Waals surface area contributed by atoms with Crippen molar-refractivity contribution in [2.24, 2.45) is 0 Å². The van der Waals surface area contributed by atoms with Gasteiger partial charge in [-0.1, -0.05) is 0 Å². The second kappa shape index (κ2) is 2.95. The molecule has 4 heteroatoms. The number of furan rings is 1. The maximum atomic E-state index is 11.0. The van der Waals surface area contributed by atoms with Crippen molar-refractivity contribution in [2.75, 3.05) is 0 Å². The van der Waals surface area contributed by atoms with Crippen molar-refractivity contribution in [1.82, 2.24) is 4.98 Å². The Kier molecular flexibility index (Phi) is 1.68. The summed E-state index contributed by atoms with van der Waals surface area (Å²) in [4.78, 5) is 14.6. The summed E-state index contributed by atoms with van der Waals surface area (Å²) in [5.74, 6) is 0.285. The van der Waals surface area contributed by atoms with Crippen LogP contribution in [0.5, 0.6) is 0 Å². The highest BCUT2D eigenvalue weighted by atomic mass is 16.4. The molecule has 1 aromatic carbocycles. The number of benzene rings is 1. The van der Waals surface area contributed by atoms with E-state index in [-0.39, 0.29) is 0 Å². The SMILES string of the molecule is Cc1oc2cc3oc(=O)ncc3cc2c1C. The Morgan fingerprint density at radius 1 is 1.12 bits per heavy atom. The van der Waals surface area contributed by atoms with E-state index < -0.39 is 5.76 Å². The lowest BCUT2D eigenvalue weighted by atomic mass is 10.1. The van der Waals surface area contributed by atoms with E-state index in [0.29, 0.717) is 5.58 Å². The van der Waals surface area contributed by atoms with Crippen LogP contribution in [0, 0.1) is 13.8 Å². The zero-order valence-electron chi connectivity index (χ0n) is 8.90. The van der Waals surface area contributed by atoms with E-state index in [1.165, 1.54) is 6.20 Å². The number of fused-ring (bicyclic) bond motifs is 2. The van der Waals surface area contributed by atoms with Crippen LogP contribution < -0.4 is 5.76 Å². The normalized spacial score (nSPS) is 11.4. The average molecular weight is 215 g/mol. The molecule has 4 nitrogen and oxygen atoms in total. The Hall–Kier alpha value is -2.10. The molecule has 16 heavy (non-hydrogen) atoms. The molecule has 0 saturated heterocycles. The minimum Gasteiger partial charge on any atom is -0.461 e. The lowest BCUT2D eigenvalue weighted by molar-refractivity contribution is 0.529. The molecule has 0 amide bonds. The molecule has 0 saturated carbocycles. The molecule has 2 aromatic heterocycles. The third-order valence-corrected chi connectivity index (χ3v) is 2.81. The molecule has 0 aliphatic rings. The van der Waals surface area contributed by atoms with Gasteiger partial charge in [-0.25, -0.2) is 4.79 Å². The average Bonchev–Trinajstić information content (AvgIpc) is 2.52. The van der Waals surface area contributed by atoms with Crippen molar-refractivity contribution < 1.29 is 8.83 Å². The van der Waals surface area contributed by atoms with E-state index in [9.17, 15) is 4.79 Å². The third-order valence-electron chi connectivity index (χ3n) is 2.81. The Balaban J connectivity index is 2.53. The lowest BCUT2D eigenvalue weighted by Gasteiger charge is -1.95. The van der Waals surface area contributed by atoms with Crippen LogP contribution in [0.3, 0.4) is 0 Å². The van der Waals surface area contributed by atoms with E-state index in [2.05, 4.69) is 4.98 Å². The largest absolute Gasteiger partial charge is 0.461 e. The van der Waals surface area contributed by atoms with Gasteiger partial charge in [0.1, 0.15) is 16.9 Å². The minimum atomic E-state index is -0.591. The summed E-state index contributed by atoms with van der Waals surface area (Å²) in [6, 6.07) is 3.65. The molecule has 3 aromatic rings. The first kappa shape index (κ1) is 9.15. The number of rotatable bonds is 0. The fourth-order valence-electron chi connectivity index (χ4n) is 1.82. The van der Waals surface area contributed by atoms with E-state index >= 15 is 0 Å². The zero-order chi connectivity index (χ0) is 11.3. The van der Waals surface area contributed by atoms with Crippen molar-refractivity contribution in [1.29, 1.82) is 0 Å². The predicted octanol–water partition coefficient (Wildman–Crippen LogP) is 2.55. The summed E-state index contributed by atoms with van der Waals surface area (Å²) in [7, 11) is 0. The first-order valence-electron chi connectivity index (χ1n) is 4.95. The van der Waals surface area contributed by atoms with E-state index in [0.717, 1.165) is 27.7 Å². The predicted molar refractivity (Wildman–Crippen MR) is 59.5 cm³/mol. The molecule has 0 radical (unpaired) electrons. The standard InChI is InChI=1S/C12H9NO3/c1-6-7(2)15-11-4-10-8(3-9(6)11)5-13-12(14)16-10/h3-5H,1-2H3. The van der Waals surface area contributed by atoms with E-state index in [4.69, 9.17) is 8.83 Å². The van der Waals surface area contributed by atoms with Gasteiger partial charge in [-0.3, -0.25) is 0 Å². The van der Waals surface area contributed by atoms with E-state index in [1.807, 2.05) is 19.9 Å². The van der Waals surface area contributed by atoms with Gasteiger partial charge in [0.15, 0.2) is 0 Å². The van der Waals surface area contributed by atoms with Crippen molar-refractivity contribution >= 4 is 21.9 Å². The van der Waals surface area contributed by atoms with Crippen LogP contribution >= 0.6 is 0 Å². The van der Waals surface area contributed by atoms with Crippen LogP contribution in [0.1, 0.15) is 11.3 Å². The van der Waals surface area contributed by atoms with Crippen molar-refractivity contribution in [3.8, 4) is 0 Å². The number of aromatic nitrogens is 1. The van der Waals surface area contributed by atoms with Gasteiger partial charge in [0.2, 0.25) is 0 Å². The Labute approximate surface area is 90.5 Å². The van der Waals surface area contributed by atoms with Crippen LogP contribution in [0.15, 0.2) is 32.0 Å². The first-order valence-corrected chi connectivity index (χ1v) is 4.95. The van der Waals surface area contributed by atoms with Crippen molar-refractivity contribution in [2.45, 2.75) is 13.8 Å². The smallest absolute Gasteiger partial charge is 0.439 e. The second-order valence-corrected chi connectivity index (χ2v) is 3.80. The van der Waals surface area contributed by atoms with Crippen LogP contribution in [0.25, 0.3) is 21.9 Å². The molecule has 2 heterocycles. The molecule has 0 spiro atoms. The van der Waals surface area contributed by atoms with Crippen molar-refractivity contribution in [3.63, 3.8) is 0 Å². The first-order chi connectivity index (χ1) is 7.65. The summed E-state index contributed by atoms with van der Waals surface area (Å²) in [5.41, 5.74) is 2.33. The quantitative estimate of drug-likeness (QED) is 0.578. The number of aryl methyl sites for hydroxylation is 2. The fourth-order valence-corrected chi connectivity index (χ4v) is 1.82. The van der Waals surface area contributed by atoms with Crippen LogP contribution in [0.4, 0.5) is 0 Å². The van der Waals surface area contributed by atoms with Gasteiger partial charge in [-0.15, -0.1) is 0 Å². The maximum absolute atomic E-state index is 11.0. The molecule has 0 atom stereocenters. The number of hydrogen-bond acceptors (Lipinski definition) is 4. The Morgan fingerprint density at radius 3 is 2.75 bits per heavy atom. The highest BCUT2D eigenvalue weighted by Gasteiger charge is 2.09. The highest BCUT2D eigenvalue weighted by molar-refractivity contribution is 5.94. The summed E-state index contributed by atoms with van der Waals surface area (Å²) in [6.07, 6.45) is 1.52. The van der Waals surface area contributed by atoms with Gasteiger partial charge in [-0.05, 0) is 25.5 Å². The van der Waals surface area contributed by atoms with Gasteiger partial charge >= 0.3 is 5.76 Å². The molecule has 80 valence electrons. The zero-order valence-corrected chi connectivity index (χ0v) is 8.90. The van der Waals surface area contributed by atoms with Gasteiger partial charge < -0.3 is 8.83 Å². The van der Waals surface area contributed by atoms with Gasteiger partial charge in [0.25, 0.3) is 0 Å². The Morgan fingerprint density at radius 2 is 1.94 bits per heavy atom. The summed E-state index contributed by atoms with van der Waals surface area (Å²) >= 11 is 0. The molecular weight excluding hydrogens is 206 g/mol. The maximum Gasteiger partial charge on any atom is 0.439 e. The third kappa shape index (κ3) is 1.16. The molecule has 0 unspecified atom stereocenters. The topological polar surface area (TPSA) is 56.2 Å². The summed E-state index contributed by atoms with van der Waals surface area (Å²) in [5, 5.41) is 1.83. The fraction of sp³-hybridized carbons (Fsp3) is 0.167. The molecule has 0 aliphatic heterocycles. The second-order valence-electron chi connectivity index (χ2n) is 3.80. The summed E-state index contributed by atoms with van der Waals surface area (Å²) < 4.78 is 10.6. The highest BCUT2D eigenvalue weighted by Crippen LogP contribution is 2.28. The molecule has 0 N–H and O–H groups in total. The summed E-state index contributed by atoms with van der Waals surface area (Å²) in [6.45, 7) is 3.91. The molecule has 0 bridgehead atoms. The monoisotopic (exact) mass is 215 g/mol. The number of hydrogen-bond donors (Lipinski definition) is 0. The van der Waals surface area contributed by atoms with Gasteiger partial charge in [-0.2, -0.15) is 4.98 Å². The van der Waals surface area contributed by atoms with Crippen LogP contribution in [-0.4, -0.2) is 4.98 Å². The van der Waals surface area contributed by atoms with Gasteiger partial charge in [0, 0.05) is 23.0 Å². The molecular formula is C12H9NO3. The lowest BCUT2D eigenvalue weighted by Crippen LogP contribution is -2.01. The van der Waals surface area contributed by atoms with Crippen LogP contribution in [0.2, 0.25) is 0 Å². The van der Waals surface area contributed by atoms with E-state index in [1.54, 1.807) is 6.07 Å². The number of nitrogens with zero attached hydrogens (tertiary/aromatic N) is 1. The molecule has 0 fully saturated rings. The minimum absolute atomic E-state index is 0.501. The molecule has 0 aliphatic carbocycles. The van der Waals surface area contributed by atoms with Crippen molar-refractivity contribution in [3.05, 3.63) is 40.2 Å². The van der Waals surface area contributed by atoms with Crippen LogP contribution in [-0.2, 0) is 0 Å².